The lowest BCUT2D eigenvalue weighted by atomic mass is 9.96. The van der Waals surface area contributed by atoms with Gasteiger partial charge in [0.15, 0.2) is 0 Å². The van der Waals surface area contributed by atoms with Crippen molar-refractivity contribution < 1.29 is 9.59 Å². The molecule has 1 heterocycles. The zero-order valence-electron chi connectivity index (χ0n) is 14.9. The van der Waals surface area contributed by atoms with Crippen molar-refractivity contribution in [2.75, 3.05) is 24.2 Å². The first-order chi connectivity index (χ1) is 13.2. The molecule has 1 N–H and O–H groups in total. The third kappa shape index (κ3) is 4.89. The summed E-state index contributed by atoms with van der Waals surface area (Å²) in [5, 5.41) is 11.7. The highest BCUT2D eigenvalue weighted by Crippen LogP contribution is 2.26. The Morgan fingerprint density at radius 2 is 1.89 bits per heavy atom. The molecule has 5 nitrogen and oxygen atoms in total. The molecule has 1 aliphatic rings. The molecule has 3 rings (SSSR count). The van der Waals surface area contributed by atoms with Gasteiger partial charge in [-0.2, -0.15) is 5.26 Å². The Balaban J connectivity index is 1.68. The summed E-state index contributed by atoms with van der Waals surface area (Å²) in [5.74, 6) is -0.0484. The van der Waals surface area contributed by atoms with E-state index in [2.05, 4.69) is 11.4 Å². The Kier molecular flexibility index (Phi) is 6.50. The number of anilines is 1. The molecule has 2 amide bonds. The topological polar surface area (TPSA) is 73.2 Å². The number of para-hydroxylation sites is 1. The first kappa shape index (κ1) is 19.0. The van der Waals surface area contributed by atoms with E-state index < -0.39 is 0 Å². The molecule has 2 aromatic carbocycles. The number of hydrogen-bond acceptors (Lipinski definition) is 4. The fraction of sp³-hybridized carbons (Fsp3) is 0.286. The van der Waals surface area contributed by atoms with Gasteiger partial charge in [0.05, 0.1) is 23.3 Å². The third-order valence-electron chi connectivity index (χ3n) is 4.53. The van der Waals surface area contributed by atoms with Crippen molar-refractivity contribution in [2.45, 2.75) is 17.7 Å². The molecule has 2 aromatic rings. The first-order valence-corrected chi connectivity index (χ1v) is 9.91. The van der Waals surface area contributed by atoms with Crippen LogP contribution in [0.25, 0.3) is 0 Å². The van der Waals surface area contributed by atoms with Gasteiger partial charge < -0.3 is 10.2 Å². The van der Waals surface area contributed by atoms with Crippen LogP contribution in [0, 0.1) is 17.2 Å². The molecule has 0 aromatic heterocycles. The van der Waals surface area contributed by atoms with Gasteiger partial charge in [0.2, 0.25) is 5.91 Å². The average molecular weight is 379 g/mol. The van der Waals surface area contributed by atoms with Crippen molar-refractivity contribution in [3.05, 3.63) is 60.2 Å². The quantitative estimate of drug-likeness (QED) is 0.802. The number of likely N-dealkylation sites (tertiary alicyclic amines) is 1. The van der Waals surface area contributed by atoms with Crippen LogP contribution >= 0.6 is 11.8 Å². The highest BCUT2D eigenvalue weighted by atomic mass is 32.2. The van der Waals surface area contributed by atoms with Gasteiger partial charge in [-0.3, -0.25) is 9.59 Å². The number of amides is 2. The second kappa shape index (κ2) is 9.24. The summed E-state index contributed by atoms with van der Waals surface area (Å²) in [7, 11) is 0. The van der Waals surface area contributed by atoms with Crippen molar-refractivity contribution in [3.63, 3.8) is 0 Å². The average Bonchev–Trinajstić information content (AvgIpc) is 2.72. The predicted molar refractivity (Wildman–Crippen MR) is 106 cm³/mol. The number of thioether (sulfide) groups is 1. The second-order valence-corrected chi connectivity index (χ2v) is 7.41. The number of carbonyl (C=O) groups is 2. The Morgan fingerprint density at radius 3 is 2.67 bits per heavy atom. The van der Waals surface area contributed by atoms with Crippen molar-refractivity contribution in [2.24, 2.45) is 5.92 Å². The molecule has 27 heavy (non-hydrogen) atoms. The summed E-state index contributed by atoms with van der Waals surface area (Å²) < 4.78 is 0. The third-order valence-corrected chi connectivity index (χ3v) is 5.47. The summed E-state index contributed by atoms with van der Waals surface area (Å²) in [6.45, 7) is 1.06. The normalized spacial score (nSPS) is 16.4. The molecule has 1 unspecified atom stereocenters. The molecule has 0 radical (unpaired) electrons. The fourth-order valence-corrected chi connectivity index (χ4v) is 3.90. The van der Waals surface area contributed by atoms with E-state index in [0.717, 1.165) is 23.4 Å². The van der Waals surface area contributed by atoms with Crippen molar-refractivity contribution in [1.82, 2.24) is 4.90 Å². The SMILES string of the molecule is N#CCSc1ccccc1C(=O)N1CCCC(C(=O)Nc2ccccc2)C1. The minimum atomic E-state index is -0.221. The minimum absolute atomic E-state index is 0.0501. The van der Waals surface area contributed by atoms with Crippen LogP contribution < -0.4 is 5.32 Å². The second-order valence-electron chi connectivity index (χ2n) is 6.39. The lowest BCUT2D eigenvalue weighted by Crippen LogP contribution is -2.43. The van der Waals surface area contributed by atoms with E-state index >= 15 is 0 Å². The zero-order chi connectivity index (χ0) is 19.1. The largest absolute Gasteiger partial charge is 0.338 e. The van der Waals surface area contributed by atoms with Gasteiger partial charge in [-0.05, 0) is 37.1 Å². The van der Waals surface area contributed by atoms with Crippen LogP contribution in [-0.4, -0.2) is 35.6 Å². The van der Waals surface area contributed by atoms with Crippen molar-refractivity contribution in [3.8, 4) is 6.07 Å². The van der Waals surface area contributed by atoms with Crippen LogP contribution in [-0.2, 0) is 4.79 Å². The number of piperidine rings is 1. The lowest BCUT2D eigenvalue weighted by molar-refractivity contribution is -0.121. The summed E-state index contributed by atoms with van der Waals surface area (Å²) >= 11 is 1.36. The number of nitrogens with zero attached hydrogens (tertiary/aromatic N) is 2. The molecular weight excluding hydrogens is 358 g/mol. The monoisotopic (exact) mass is 379 g/mol. The van der Waals surface area contributed by atoms with Gasteiger partial charge in [0.25, 0.3) is 5.91 Å². The van der Waals surface area contributed by atoms with Crippen LogP contribution in [0.15, 0.2) is 59.5 Å². The number of rotatable bonds is 5. The zero-order valence-corrected chi connectivity index (χ0v) is 15.7. The Labute approximate surface area is 163 Å². The van der Waals surface area contributed by atoms with Gasteiger partial charge >= 0.3 is 0 Å². The highest BCUT2D eigenvalue weighted by Gasteiger charge is 2.29. The summed E-state index contributed by atoms with van der Waals surface area (Å²) in [5.41, 5.74) is 1.37. The number of benzene rings is 2. The molecule has 0 saturated carbocycles. The lowest BCUT2D eigenvalue weighted by Gasteiger charge is -2.32. The summed E-state index contributed by atoms with van der Waals surface area (Å²) in [6, 6.07) is 18.8. The Hall–Kier alpha value is -2.78. The van der Waals surface area contributed by atoms with Crippen LogP contribution in [0.3, 0.4) is 0 Å². The molecular formula is C21H21N3O2S. The summed E-state index contributed by atoms with van der Waals surface area (Å²) in [6.07, 6.45) is 1.57. The Morgan fingerprint density at radius 1 is 1.15 bits per heavy atom. The Bertz CT molecular complexity index is 848. The van der Waals surface area contributed by atoms with E-state index in [0.29, 0.717) is 24.4 Å². The standard InChI is InChI=1S/C21H21N3O2S/c22-12-14-27-19-11-5-4-10-18(19)21(26)24-13-6-7-16(15-24)20(25)23-17-8-2-1-3-9-17/h1-5,8-11,16H,6-7,13-15H2,(H,23,25). The molecule has 6 heteroatoms. The molecule has 1 saturated heterocycles. The van der Waals surface area contributed by atoms with Gasteiger partial charge in [-0.1, -0.05) is 30.3 Å². The van der Waals surface area contributed by atoms with Gasteiger partial charge in [0, 0.05) is 23.7 Å². The van der Waals surface area contributed by atoms with Crippen LogP contribution in [0.5, 0.6) is 0 Å². The molecule has 138 valence electrons. The smallest absolute Gasteiger partial charge is 0.255 e. The summed E-state index contributed by atoms with van der Waals surface area (Å²) in [4.78, 5) is 28.2. The van der Waals surface area contributed by atoms with E-state index in [1.165, 1.54) is 11.8 Å². The molecule has 0 spiro atoms. The fourth-order valence-electron chi connectivity index (χ4n) is 3.19. The van der Waals surface area contributed by atoms with Crippen LogP contribution in [0.2, 0.25) is 0 Å². The number of nitrogens with one attached hydrogen (secondary N) is 1. The van der Waals surface area contributed by atoms with Crippen LogP contribution in [0.1, 0.15) is 23.2 Å². The first-order valence-electron chi connectivity index (χ1n) is 8.93. The van der Waals surface area contributed by atoms with Gasteiger partial charge in [-0.15, -0.1) is 11.8 Å². The minimum Gasteiger partial charge on any atom is -0.338 e. The highest BCUT2D eigenvalue weighted by molar-refractivity contribution is 7.99. The van der Waals surface area contributed by atoms with Crippen molar-refractivity contribution in [1.29, 1.82) is 5.26 Å². The van der Waals surface area contributed by atoms with E-state index in [4.69, 9.17) is 5.26 Å². The van der Waals surface area contributed by atoms with Crippen molar-refractivity contribution >= 4 is 29.3 Å². The number of hydrogen-bond donors (Lipinski definition) is 1. The van der Waals surface area contributed by atoms with E-state index in [1.54, 1.807) is 11.0 Å². The maximum Gasteiger partial charge on any atom is 0.255 e. The predicted octanol–water partition coefficient (Wildman–Crippen LogP) is 3.79. The van der Waals surface area contributed by atoms with Crippen LogP contribution in [0.4, 0.5) is 5.69 Å². The molecule has 1 atom stereocenters. The molecule has 1 fully saturated rings. The molecule has 0 aliphatic carbocycles. The maximum absolute atomic E-state index is 13.0. The number of nitriles is 1. The molecule has 0 bridgehead atoms. The van der Waals surface area contributed by atoms with Gasteiger partial charge in [-0.25, -0.2) is 0 Å². The number of carbonyl (C=O) groups excluding carboxylic acids is 2. The van der Waals surface area contributed by atoms with E-state index in [-0.39, 0.29) is 17.7 Å². The maximum atomic E-state index is 13.0. The van der Waals surface area contributed by atoms with E-state index in [1.807, 2.05) is 48.5 Å². The van der Waals surface area contributed by atoms with Gasteiger partial charge in [0.1, 0.15) is 0 Å². The molecule has 1 aliphatic heterocycles. The van der Waals surface area contributed by atoms with E-state index in [9.17, 15) is 9.59 Å².